The Morgan fingerprint density at radius 2 is 1.92 bits per heavy atom. The van der Waals surface area contributed by atoms with Crippen molar-refractivity contribution in [2.45, 2.75) is 37.8 Å². The molecule has 1 aromatic carbocycles. The van der Waals surface area contributed by atoms with Crippen LogP contribution < -0.4 is 10.0 Å². The minimum atomic E-state index is -3.59. The lowest BCUT2D eigenvalue weighted by Crippen LogP contribution is -2.40. The van der Waals surface area contributed by atoms with Crippen molar-refractivity contribution >= 4 is 39.0 Å². The van der Waals surface area contributed by atoms with E-state index in [9.17, 15) is 8.42 Å². The molecule has 0 aliphatic rings. The highest BCUT2D eigenvalue weighted by molar-refractivity contribution is 7.89. The summed E-state index contributed by atoms with van der Waals surface area (Å²) in [5.74, 6) is 0.387. The lowest BCUT2D eigenvalue weighted by molar-refractivity contribution is 0.491. The first-order valence-electron chi connectivity index (χ1n) is 7.12. The highest BCUT2D eigenvalue weighted by Gasteiger charge is 2.22. The number of nitrogens with one attached hydrogen (secondary N) is 2. The summed E-state index contributed by atoms with van der Waals surface area (Å²) in [6.07, 6.45) is 1.40. The number of sulfonamides is 1. The second-order valence-electron chi connectivity index (χ2n) is 6.19. The number of halogens is 2. The average Bonchev–Trinajstić information content (AvgIpc) is 2.46. The number of aromatic nitrogens is 2. The third-order valence-electron chi connectivity index (χ3n) is 2.82. The highest BCUT2D eigenvalue weighted by atomic mass is 35.5. The third kappa shape index (κ3) is 5.31. The molecule has 0 atom stereocenters. The molecule has 0 radical (unpaired) electrons. The molecule has 0 aliphatic carbocycles. The van der Waals surface area contributed by atoms with Crippen LogP contribution in [-0.4, -0.2) is 23.9 Å². The molecule has 24 heavy (non-hydrogen) atoms. The van der Waals surface area contributed by atoms with Crippen LogP contribution in [0.4, 0.5) is 5.82 Å². The van der Waals surface area contributed by atoms with Gasteiger partial charge >= 0.3 is 0 Å². The van der Waals surface area contributed by atoms with Gasteiger partial charge in [0.15, 0.2) is 0 Å². The second kappa shape index (κ2) is 7.23. The van der Waals surface area contributed by atoms with Gasteiger partial charge in [0, 0.05) is 12.1 Å². The molecule has 0 saturated heterocycles. The fourth-order valence-corrected chi connectivity index (χ4v) is 3.72. The molecule has 1 aromatic heterocycles. The maximum atomic E-state index is 12.4. The van der Waals surface area contributed by atoms with Crippen molar-refractivity contribution in [2.75, 3.05) is 5.32 Å². The van der Waals surface area contributed by atoms with E-state index in [0.29, 0.717) is 17.4 Å². The fraction of sp³-hybridized carbons (Fsp3) is 0.333. The first-order valence-corrected chi connectivity index (χ1v) is 9.35. The number of hydrogen-bond donors (Lipinski definition) is 2. The van der Waals surface area contributed by atoms with Gasteiger partial charge in [-0.05, 0) is 50.1 Å². The van der Waals surface area contributed by atoms with Gasteiger partial charge in [0.05, 0.1) is 11.1 Å². The molecule has 130 valence electrons. The molecule has 0 amide bonds. The molecule has 2 rings (SSSR count). The van der Waals surface area contributed by atoms with Crippen molar-refractivity contribution in [1.29, 1.82) is 0 Å². The van der Waals surface area contributed by atoms with Crippen LogP contribution in [0.3, 0.4) is 0 Å². The molecule has 0 saturated carbocycles. The molecule has 1 heterocycles. The van der Waals surface area contributed by atoms with Gasteiger partial charge < -0.3 is 5.32 Å². The summed E-state index contributed by atoms with van der Waals surface area (Å²) in [5.41, 5.74) is 0.204. The van der Waals surface area contributed by atoms with Gasteiger partial charge in [0.25, 0.3) is 0 Å². The number of anilines is 1. The first-order chi connectivity index (χ1) is 11.1. The van der Waals surface area contributed by atoms with Crippen LogP contribution in [0.15, 0.2) is 35.4 Å². The van der Waals surface area contributed by atoms with Crippen molar-refractivity contribution in [1.82, 2.24) is 14.7 Å². The monoisotopic (exact) mass is 388 g/mol. The van der Waals surface area contributed by atoms with Crippen LogP contribution in [0.5, 0.6) is 0 Å². The van der Waals surface area contributed by atoms with Crippen molar-refractivity contribution in [2.24, 2.45) is 0 Å². The molecule has 0 spiro atoms. The highest BCUT2D eigenvalue weighted by Crippen LogP contribution is 2.21. The quantitative estimate of drug-likeness (QED) is 0.765. The number of rotatable bonds is 5. The zero-order valence-corrected chi connectivity index (χ0v) is 15.8. The van der Waals surface area contributed by atoms with Crippen LogP contribution >= 0.6 is 23.2 Å². The molecule has 6 nitrogen and oxygen atoms in total. The minimum Gasteiger partial charge on any atom is -0.365 e. The molecule has 2 N–H and O–H groups in total. The number of benzene rings is 1. The van der Waals surface area contributed by atoms with Crippen molar-refractivity contribution in [3.63, 3.8) is 0 Å². The van der Waals surface area contributed by atoms with Crippen molar-refractivity contribution in [3.05, 3.63) is 46.3 Å². The second-order valence-corrected chi connectivity index (χ2v) is 8.62. The van der Waals surface area contributed by atoms with Gasteiger partial charge in [-0.1, -0.05) is 23.7 Å². The Morgan fingerprint density at radius 1 is 1.21 bits per heavy atom. The van der Waals surface area contributed by atoms with Crippen molar-refractivity contribution in [3.8, 4) is 0 Å². The Labute approximate surface area is 151 Å². The summed E-state index contributed by atoms with van der Waals surface area (Å²) >= 11 is 11.7. The van der Waals surface area contributed by atoms with E-state index in [1.165, 1.54) is 6.20 Å². The third-order valence-corrected chi connectivity index (χ3v) is 5.04. The Hall–Kier alpha value is -1.41. The van der Waals surface area contributed by atoms with E-state index in [1.54, 1.807) is 45.0 Å². The summed E-state index contributed by atoms with van der Waals surface area (Å²) in [7, 11) is -3.59. The Balaban J connectivity index is 2.17. The zero-order valence-electron chi connectivity index (χ0n) is 13.5. The largest absolute Gasteiger partial charge is 0.365 e. The zero-order chi connectivity index (χ0) is 18.0. The topological polar surface area (TPSA) is 84.0 Å². The van der Waals surface area contributed by atoms with E-state index in [-0.39, 0.29) is 10.2 Å². The van der Waals surface area contributed by atoms with Crippen LogP contribution in [-0.2, 0) is 16.6 Å². The Kier molecular flexibility index (Phi) is 5.70. The van der Waals surface area contributed by atoms with Crippen LogP contribution in [0.2, 0.25) is 10.3 Å². The summed E-state index contributed by atoms with van der Waals surface area (Å²) in [6, 6.07) is 6.63. The summed E-state index contributed by atoms with van der Waals surface area (Å²) in [6.45, 7) is 5.70. The average molecular weight is 389 g/mol. The lowest BCUT2D eigenvalue weighted by atomic mass is 10.1. The summed E-state index contributed by atoms with van der Waals surface area (Å²) < 4.78 is 27.4. The summed E-state index contributed by atoms with van der Waals surface area (Å²) in [5, 5.41) is 3.42. The molecule has 9 heteroatoms. The minimum absolute atomic E-state index is 0.0765. The standard InChI is InChI=1S/C15H18Cl2N4O2S/c1-15(2,3)21-24(22,23)11-6-4-5-10(7-11)8-18-13-12(16)9-19-14(17)20-13/h4-7,9,21H,8H2,1-3H3,(H,18,19,20). The predicted molar refractivity (Wildman–Crippen MR) is 95.9 cm³/mol. The SMILES string of the molecule is CC(C)(C)NS(=O)(=O)c1cccc(CNc2nc(Cl)ncc2Cl)c1. The Morgan fingerprint density at radius 3 is 2.58 bits per heavy atom. The van der Waals surface area contributed by atoms with Gasteiger partial charge in [-0.3, -0.25) is 0 Å². The van der Waals surface area contributed by atoms with Crippen molar-refractivity contribution < 1.29 is 8.42 Å². The van der Waals surface area contributed by atoms with Gasteiger partial charge in [-0.15, -0.1) is 0 Å². The molecule has 0 bridgehead atoms. The van der Waals surface area contributed by atoms with Gasteiger partial charge in [-0.25, -0.2) is 18.1 Å². The van der Waals surface area contributed by atoms with E-state index in [4.69, 9.17) is 23.2 Å². The molecule has 2 aromatic rings. The van der Waals surface area contributed by atoms with Crippen LogP contribution in [0.1, 0.15) is 26.3 Å². The smallest absolute Gasteiger partial charge is 0.241 e. The maximum absolute atomic E-state index is 12.4. The number of nitrogens with zero attached hydrogens (tertiary/aromatic N) is 2. The summed E-state index contributed by atoms with van der Waals surface area (Å²) in [4.78, 5) is 7.96. The van der Waals surface area contributed by atoms with E-state index < -0.39 is 15.6 Å². The molecular formula is C15H18Cl2N4O2S. The normalized spacial score (nSPS) is 12.2. The van der Waals surface area contributed by atoms with E-state index in [2.05, 4.69) is 20.0 Å². The Bertz CT molecular complexity index is 836. The predicted octanol–water partition coefficient (Wildman–Crippen LogP) is 3.47. The van der Waals surface area contributed by atoms with Gasteiger partial charge in [0.1, 0.15) is 10.8 Å². The van der Waals surface area contributed by atoms with Gasteiger partial charge in [-0.2, -0.15) is 4.98 Å². The molecule has 0 fully saturated rings. The maximum Gasteiger partial charge on any atom is 0.241 e. The van der Waals surface area contributed by atoms with Gasteiger partial charge in [0.2, 0.25) is 15.3 Å². The van der Waals surface area contributed by atoms with E-state index in [0.717, 1.165) is 5.56 Å². The molecule has 0 unspecified atom stereocenters. The lowest BCUT2D eigenvalue weighted by Gasteiger charge is -2.20. The fourth-order valence-electron chi connectivity index (χ4n) is 1.94. The van der Waals surface area contributed by atoms with Crippen LogP contribution in [0.25, 0.3) is 0 Å². The van der Waals surface area contributed by atoms with Crippen LogP contribution in [0, 0.1) is 0 Å². The van der Waals surface area contributed by atoms with E-state index >= 15 is 0 Å². The molecule has 0 aliphatic heterocycles. The number of hydrogen-bond acceptors (Lipinski definition) is 5. The first kappa shape index (κ1) is 18.9. The van der Waals surface area contributed by atoms with E-state index in [1.807, 2.05) is 0 Å². The molecular weight excluding hydrogens is 371 g/mol.